The number of sulfonamides is 1. The van der Waals surface area contributed by atoms with Gasteiger partial charge in [0.25, 0.3) is 33.2 Å². The van der Waals surface area contributed by atoms with Crippen LogP contribution in [0.5, 0.6) is 5.75 Å². The van der Waals surface area contributed by atoms with Gasteiger partial charge in [0.2, 0.25) is 0 Å². The van der Waals surface area contributed by atoms with E-state index in [0.29, 0.717) is 4.90 Å². The molecule has 2 amide bonds. The summed E-state index contributed by atoms with van der Waals surface area (Å²) in [7, 11) is -4.25. The number of amides is 2. The number of aromatic hydroxyl groups is 1. The predicted molar refractivity (Wildman–Crippen MR) is 139 cm³/mol. The van der Waals surface area contributed by atoms with E-state index in [1.807, 2.05) is 0 Å². The fourth-order valence-electron chi connectivity index (χ4n) is 4.17. The number of hydrogen-bond donors (Lipinski definition) is 2. The number of benzene rings is 4. The van der Waals surface area contributed by atoms with Crippen molar-refractivity contribution in [3.05, 3.63) is 103 Å². The van der Waals surface area contributed by atoms with Gasteiger partial charge in [0.05, 0.1) is 37.2 Å². The zero-order chi connectivity index (χ0) is 28.2. The van der Waals surface area contributed by atoms with Crippen molar-refractivity contribution in [2.24, 2.45) is 0 Å². The lowest BCUT2D eigenvalue weighted by atomic mass is 9.92. The summed E-state index contributed by atoms with van der Waals surface area (Å²) in [6.45, 7) is 0. The molecule has 39 heavy (non-hydrogen) atoms. The molecule has 4 aromatic rings. The van der Waals surface area contributed by atoms with Gasteiger partial charge in [-0.3, -0.25) is 34.5 Å². The molecule has 1 aliphatic heterocycles. The van der Waals surface area contributed by atoms with Gasteiger partial charge < -0.3 is 5.11 Å². The van der Waals surface area contributed by atoms with Gasteiger partial charge in [0.15, 0.2) is 0 Å². The van der Waals surface area contributed by atoms with Gasteiger partial charge in [-0.25, -0.2) is 13.3 Å². The van der Waals surface area contributed by atoms with E-state index < -0.39 is 43.1 Å². The Morgan fingerprint density at radius 1 is 0.821 bits per heavy atom. The first-order valence-corrected chi connectivity index (χ1v) is 12.6. The topological polar surface area (TPSA) is 190 Å². The van der Waals surface area contributed by atoms with Gasteiger partial charge in [-0.05, 0) is 47.9 Å². The lowest BCUT2D eigenvalue weighted by molar-refractivity contribution is -0.385. The van der Waals surface area contributed by atoms with Crippen LogP contribution < -0.4 is 9.62 Å². The molecule has 0 saturated carbocycles. The maximum atomic E-state index is 13.4. The third-order valence-corrected chi connectivity index (χ3v) is 7.53. The zero-order valence-electron chi connectivity index (χ0n) is 19.2. The predicted octanol–water partition coefficient (Wildman–Crippen LogP) is 4.62. The lowest BCUT2D eigenvalue weighted by Gasteiger charge is -2.27. The number of nitrogens with zero attached hydrogens (tertiary/aromatic N) is 3. The largest absolute Gasteiger partial charge is 0.506 e. The number of halogens is 1. The highest BCUT2D eigenvalue weighted by molar-refractivity contribution is 7.92. The van der Waals surface area contributed by atoms with Crippen LogP contribution in [0.4, 0.5) is 22.7 Å². The summed E-state index contributed by atoms with van der Waals surface area (Å²) in [6, 6.07) is 12.3. The molecule has 1 heterocycles. The SMILES string of the molecule is O=C1c2cc([N+](=O)[O-])cc3cc([N+](=O)[O-])cc(c23)C(=O)N1c1ccc(S(=O)(=O)Nc2cc(Cl)ccc2O)cc1. The van der Waals surface area contributed by atoms with E-state index >= 15 is 0 Å². The summed E-state index contributed by atoms with van der Waals surface area (Å²) in [5.41, 5.74) is -1.74. The average Bonchev–Trinajstić information content (AvgIpc) is 2.88. The third-order valence-electron chi connectivity index (χ3n) is 5.92. The molecular formula is C24H13ClN4O9S. The number of carbonyl (C=O) groups is 2. The molecule has 5 rings (SSSR count). The van der Waals surface area contributed by atoms with Crippen molar-refractivity contribution >= 4 is 67.0 Å². The van der Waals surface area contributed by atoms with Gasteiger partial charge in [-0.15, -0.1) is 0 Å². The van der Waals surface area contributed by atoms with Crippen LogP contribution in [0.25, 0.3) is 10.8 Å². The fourth-order valence-corrected chi connectivity index (χ4v) is 5.41. The molecule has 0 saturated heterocycles. The van der Waals surface area contributed by atoms with Crippen molar-refractivity contribution in [2.45, 2.75) is 4.90 Å². The van der Waals surface area contributed by atoms with Gasteiger partial charge in [0.1, 0.15) is 5.75 Å². The van der Waals surface area contributed by atoms with E-state index in [-0.39, 0.29) is 48.9 Å². The van der Waals surface area contributed by atoms with E-state index in [1.165, 1.54) is 18.2 Å². The minimum Gasteiger partial charge on any atom is -0.506 e. The molecule has 0 spiro atoms. The molecule has 196 valence electrons. The zero-order valence-corrected chi connectivity index (χ0v) is 20.8. The van der Waals surface area contributed by atoms with Crippen LogP contribution in [0, 0.1) is 20.2 Å². The third kappa shape index (κ3) is 4.36. The van der Waals surface area contributed by atoms with Crippen LogP contribution >= 0.6 is 11.6 Å². The van der Waals surface area contributed by atoms with E-state index in [1.54, 1.807) is 0 Å². The Labute approximate surface area is 223 Å². The lowest BCUT2D eigenvalue weighted by Crippen LogP contribution is -2.40. The van der Waals surface area contributed by atoms with Crippen LogP contribution in [0.15, 0.2) is 71.6 Å². The van der Waals surface area contributed by atoms with Crippen LogP contribution in [-0.2, 0) is 10.0 Å². The highest BCUT2D eigenvalue weighted by Gasteiger charge is 2.37. The maximum Gasteiger partial charge on any atom is 0.270 e. The molecule has 0 aliphatic carbocycles. The summed E-state index contributed by atoms with van der Waals surface area (Å²) in [5, 5.41) is 33.0. The van der Waals surface area contributed by atoms with Crippen molar-refractivity contribution in [3.63, 3.8) is 0 Å². The number of anilines is 2. The Hall–Kier alpha value is -5.08. The molecule has 15 heteroatoms. The monoisotopic (exact) mass is 568 g/mol. The van der Waals surface area contributed by atoms with E-state index in [0.717, 1.165) is 48.5 Å². The number of phenolic OH excluding ortho intramolecular Hbond substituents is 1. The quantitative estimate of drug-likeness (QED) is 0.145. The van der Waals surface area contributed by atoms with Crippen molar-refractivity contribution in [1.82, 2.24) is 0 Å². The second-order valence-corrected chi connectivity index (χ2v) is 10.4. The Morgan fingerprint density at radius 3 is 1.87 bits per heavy atom. The number of carbonyl (C=O) groups excluding carboxylic acids is 2. The molecule has 0 radical (unpaired) electrons. The molecule has 0 atom stereocenters. The minimum absolute atomic E-state index is 0.0264. The second-order valence-electron chi connectivity index (χ2n) is 8.31. The summed E-state index contributed by atoms with van der Waals surface area (Å²) >= 11 is 5.85. The van der Waals surface area contributed by atoms with Crippen LogP contribution in [0.3, 0.4) is 0 Å². The summed E-state index contributed by atoms with van der Waals surface area (Å²) in [6.07, 6.45) is 0. The van der Waals surface area contributed by atoms with Crippen molar-refractivity contribution < 1.29 is 33.0 Å². The van der Waals surface area contributed by atoms with Crippen molar-refractivity contribution in [3.8, 4) is 5.75 Å². The fraction of sp³-hybridized carbons (Fsp3) is 0. The number of nitrogens with one attached hydrogen (secondary N) is 1. The molecule has 2 N–H and O–H groups in total. The number of phenols is 1. The average molecular weight is 569 g/mol. The number of rotatable bonds is 6. The summed E-state index contributed by atoms with van der Waals surface area (Å²) in [4.78, 5) is 48.5. The highest BCUT2D eigenvalue weighted by atomic mass is 35.5. The van der Waals surface area contributed by atoms with Crippen LogP contribution in [0.2, 0.25) is 5.02 Å². The summed E-state index contributed by atoms with van der Waals surface area (Å²) < 4.78 is 27.9. The van der Waals surface area contributed by atoms with E-state index in [4.69, 9.17) is 11.6 Å². The Kier molecular flexibility index (Phi) is 5.92. The number of hydrogen-bond acceptors (Lipinski definition) is 9. The number of non-ortho nitro benzene ring substituents is 2. The van der Waals surface area contributed by atoms with Crippen molar-refractivity contribution in [1.29, 1.82) is 0 Å². The molecular weight excluding hydrogens is 556 g/mol. The molecule has 0 bridgehead atoms. The molecule has 0 unspecified atom stereocenters. The normalized spacial score (nSPS) is 13.0. The first kappa shape index (κ1) is 25.6. The van der Waals surface area contributed by atoms with Crippen molar-refractivity contribution in [2.75, 3.05) is 9.62 Å². The Balaban J connectivity index is 1.57. The first-order chi connectivity index (χ1) is 18.4. The number of nitro groups is 2. The number of imide groups is 1. The second kappa shape index (κ2) is 9.04. The maximum absolute atomic E-state index is 13.4. The van der Waals surface area contributed by atoms with Gasteiger partial charge in [-0.2, -0.15) is 0 Å². The van der Waals surface area contributed by atoms with Gasteiger partial charge in [0, 0.05) is 34.7 Å². The van der Waals surface area contributed by atoms with E-state index in [9.17, 15) is 43.3 Å². The molecule has 13 nitrogen and oxygen atoms in total. The van der Waals surface area contributed by atoms with Gasteiger partial charge in [-0.1, -0.05) is 11.6 Å². The molecule has 1 aliphatic rings. The minimum atomic E-state index is -4.25. The molecule has 0 aromatic heterocycles. The highest BCUT2D eigenvalue weighted by Crippen LogP contribution is 2.38. The Bertz CT molecular complexity index is 1810. The van der Waals surface area contributed by atoms with Crippen LogP contribution in [0.1, 0.15) is 20.7 Å². The van der Waals surface area contributed by atoms with Crippen LogP contribution in [-0.4, -0.2) is 35.2 Å². The molecule has 4 aromatic carbocycles. The van der Waals surface area contributed by atoms with E-state index in [2.05, 4.69) is 4.72 Å². The van der Waals surface area contributed by atoms with Gasteiger partial charge >= 0.3 is 0 Å². The summed E-state index contributed by atoms with van der Waals surface area (Å²) in [5.74, 6) is -2.25. The molecule has 0 fully saturated rings. The Morgan fingerprint density at radius 2 is 1.36 bits per heavy atom. The first-order valence-electron chi connectivity index (χ1n) is 10.8. The smallest absolute Gasteiger partial charge is 0.270 e. The number of nitro benzene ring substituents is 2. The standard InChI is InChI=1S/C24H13ClN4O9S/c25-13-1-6-21(30)20(9-13)26-39(37,38)17-4-2-14(3-5-17)27-23(31)18-10-15(28(33)34)7-12-8-16(29(35)36)11-19(22(12)18)24(27)32/h1-11,26,30H.